The highest BCUT2D eigenvalue weighted by atomic mass is 79.9. The first-order valence-corrected chi connectivity index (χ1v) is 5.00. The number of hydrogen-bond acceptors (Lipinski definition) is 3. The highest BCUT2D eigenvalue weighted by molar-refractivity contribution is 9.10. The minimum absolute atomic E-state index is 0.168. The smallest absolute Gasteiger partial charge is 0.214 e. The van der Waals surface area contributed by atoms with Crippen molar-refractivity contribution < 1.29 is 9.47 Å². The minimum Gasteiger partial charge on any atom is -0.472 e. The molecule has 0 radical (unpaired) electrons. The van der Waals surface area contributed by atoms with Crippen LogP contribution in [0.5, 0.6) is 5.88 Å². The Hall–Kier alpha value is -0.610. The van der Waals surface area contributed by atoms with Gasteiger partial charge in [-0.05, 0) is 6.07 Å². The van der Waals surface area contributed by atoms with Gasteiger partial charge in [-0.1, -0.05) is 15.9 Å². The van der Waals surface area contributed by atoms with Crippen LogP contribution in [0, 0.1) is 0 Å². The van der Waals surface area contributed by atoms with Gasteiger partial charge in [0.05, 0.1) is 13.2 Å². The molecule has 0 bridgehead atoms. The molecule has 3 nitrogen and oxygen atoms in total. The van der Waals surface area contributed by atoms with E-state index < -0.39 is 0 Å². The van der Waals surface area contributed by atoms with Gasteiger partial charge in [0, 0.05) is 23.2 Å². The van der Waals surface area contributed by atoms with Crippen LogP contribution in [0.25, 0.3) is 0 Å². The molecule has 1 aromatic heterocycles. The first-order chi connectivity index (χ1) is 6.34. The van der Waals surface area contributed by atoms with Gasteiger partial charge in [-0.2, -0.15) is 0 Å². The molecule has 0 aliphatic carbocycles. The van der Waals surface area contributed by atoms with E-state index in [0.29, 0.717) is 12.5 Å². The van der Waals surface area contributed by atoms with Crippen LogP contribution in [0.1, 0.15) is 6.42 Å². The molecular weight excluding hydrogens is 234 g/mol. The Morgan fingerprint density at radius 1 is 1.62 bits per heavy atom. The van der Waals surface area contributed by atoms with E-state index in [1.54, 1.807) is 6.20 Å². The fourth-order valence-electron chi connectivity index (χ4n) is 1.23. The van der Waals surface area contributed by atoms with Crippen LogP contribution in [0.15, 0.2) is 22.8 Å². The van der Waals surface area contributed by atoms with Crippen molar-refractivity contribution in [3.63, 3.8) is 0 Å². The lowest BCUT2D eigenvalue weighted by molar-refractivity contribution is 0.138. The zero-order chi connectivity index (χ0) is 9.10. The average molecular weight is 244 g/mol. The van der Waals surface area contributed by atoms with Crippen LogP contribution in [-0.4, -0.2) is 24.3 Å². The topological polar surface area (TPSA) is 31.4 Å². The van der Waals surface area contributed by atoms with Crippen molar-refractivity contribution in [1.29, 1.82) is 0 Å². The van der Waals surface area contributed by atoms with E-state index in [-0.39, 0.29) is 6.10 Å². The van der Waals surface area contributed by atoms with E-state index in [1.807, 2.05) is 12.1 Å². The minimum atomic E-state index is 0.168. The zero-order valence-corrected chi connectivity index (χ0v) is 8.66. The van der Waals surface area contributed by atoms with Crippen molar-refractivity contribution in [3.8, 4) is 5.88 Å². The number of ether oxygens (including phenoxy) is 2. The Labute approximate surface area is 85.2 Å². The van der Waals surface area contributed by atoms with Gasteiger partial charge in [-0.15, -0.1) is 0 Å². The molecule has 0 unspecified atom stereocenters. The Kier molecular flexibility index (Phi) is 2.80. The summed E-state index contributed by atoms with van der Waals surface area (Å²) in [5.74, 6) is 0.657. The molecule has 70 valence electrons. The van der Waals surface area contributed by atoms with Crippen molar-refractivity contribution in [2.75, 3.05) is 13.2 Å². The zero-order valence-electron chi connectivity index (χ0n) is 7.07. The molecule has 0 N–H and O–H groups in total. The fourth-order valence-corrected chi connectivity index (χ4v) is 1.54. The molecule has 2 rings (SSSR count). The van der Waals surface area contributed by atoms with Crippen molar-refractivity contribution >= 4 is 15.9 Å². The third-order valence-corrected chi connectivity index (χ3v) is 2.37. The number of pyridine rings is 1. The summed E-state index contributed by atoms with van der Waals surface area (Å²) < 4.78 is 11.8. The van der Waals surface area contributed by atoms with Crippen LogP contribution in [0.3, 0.4) is 0 Å². The Balaban J connectivity index is 2.00. The maximum Gasteiger partial charge on any atom is 0.214 e. The summed E-state index contributed by atoms with van der Waals surface area (Å²) in [6, 6.07) is 3.73. The van der Waals surface area contributed by atoms with Crippen molar-refractivity contribution in [1.82, 2.24) is 4.98 Å². The van der Waals surface area contributed by atoms with E-state index >= 15 is 0 Å². The summed E-state index contributed by atoms with van der Waals surface area (Å²) in [5.41, 5.74) is 0. The molecule has 0 spiro atoms. The van der Waals surface area contributed by atoms with Crippen LogP contribution >= 0.6 is 15.9 Å². The van der Waals surface area contributed by atoms with Gasteiger partial charge in [-0.25, -0.2) is 4.98 Å². The van der Waals surface area contributed by atoms with Crippen molar-refractivity contribution in [3.05, 3.63) is 22.8 Å². The standard InChI is InChI=1S/C9H10BrNO2/c10-7-1-3-11-9(5-7)13-8-2-4-12-6-8/h1,3,5,8H,2,4,6H2/t8-/m1/s1. The maximum absolute atomic E-state index is 5.59. The van der Waals surface area contributed by atoms with Gasteiger partial charge in [0.15, 0.2) is 0 Å². The number of aromatic nitrogens is 1. The maximum atomic E-state index is 5.59. The van der Waals surface area contributed by atoms with Crippen LogP contribution in [0.4, 0.5) is 0 Å². The van der Waals surface area contributed by atoms with E-state index in [0.717, 1.165) is 17.5 Å². The predicted molar refractivity (Wildman–Crippen MR) is 51.8 cm³/mol. The summed E-state index contributed by atoms with van der Waals surface area (Å²) in [5, 5.41) is 0. The first-order valence-electron chi connectivity index (χ1n) is 4.20. The van der Waals surface area contributed by atoms with Gasteiger partial charge in [-0.3, -0.25) is 0 Å². The number of nitrogens with zero attached hydrogens (tertiary/aromatic N) is 1. The molecule has 1 saturated heterocycles. The quantitative estimate of drug-likeness (QED) is 0.797. The van der Waals surface area contributed by atoms with Gasteiger partial charge in [0.2, 0.25) is 5.88 Å². The summed E-state index contributed by atoms with van der Waals surface area (Å²) in [4.78, 5) is 4.10. The number of halogens is 1. The fraction of sp³-hybridized carbons (Fsp3) is 0.444. The largest absolute Gasteiger partial charge is 0.472 e. The molecule has 1 fully saturated rings. The molecule has 2 heterocycles. The van der Waals surface area contributed by atoms with Gasteiger partial charge in [0.25, 0.3) is 0 Å². The Morgan fingerprint density at radius 3 is 3.23 bits per heavy atom. The van der Waals surface area contributed by atoms with Crippen molar-refractivity contribution in [2.45, 2.75) is 12.5 Å². The van der Waals surface area contributed by atoms with E-state index in [9.17, 15) is 0 Å². The van der Waals surface area contributed by atoms with E-state index in [1.165, 1.54) is 0 Å². The van der Waals surface area contributed by atoms with Gasteiger partial charge >= 0.3 is 0 Å². The molecular formula is C9H10BrNO2. The molecule has 0 amide bonds. The molecule has 0 saturated carbocycles. The second-order valence-corrected chi connectivity index (χ2v) is 3.83. The summed E-state index contributed by atoms with van der Waals surface area (Å²) in [7, 11) is 0. The van der Waals surface area contributed by atoms with E-state index in [4.69, 9.17) is 9.47 Å². The SMILES string of the molecule is Brc1ccnc(O[C@@H]2CCOC2)c1. The van der Waals surface area contributed by atoms with Crippen molar-refractivity contribution in [2.24, 2.45) is 0 Å². The van der Waals surface area contributed by atoms with Gasteiger partial charge in [0.1, 0.15) is 6.10 Å². The summed E-state index contributed by atoms with van der Waals surface area (Å²) >= 11 is 3.36. The highest BCUT2D eigenvalue weighted by Gasteiger charge is 2.17. The summed E-state index contributed by atoms with van der Waals surface area (Å²) in [6.45, 7) is 1.47. The number of hydrogen-bond donors (Lipinski definition) is 0. The van der Waals surface area contributed by atoms with Crippen LogP contribution in [-0.2, 0) is 4.74 Å². The predicted octanol–water partition coefficient (Wildman–Crippen LogP) is 2.01. The Bertz CT molecular complexity index is 287. The molecule has 0 aromatic carbocycles. The highest BCUT2D eigenvalue weighted by Crippen LogP contribution is 2.18. The second kappa shape index (κ2) is 4.07. The normalized spacial score (nSPS) is 21.8. The van der Waals surface area contributed by atoms with Crippen LogP contribution < -0.4 is 4.74 Å². The monoisotopic (exact) mass is 243 g/mol. The molecule has 4 heteroatoms. The average Bonchev–Trinajstić information content (AvgIpc) is 2.57. The molecule has 13 heavy (non-hydrogen) atoms. The molecule has 1 aliphatic rings. The lowest BCUT2D eigenvalue weighted by atomic mass is 10.3. The van der Waals surface area contributed by atoms with E-state index in [2.05, 4.69) is 20.9 Å². The lowest BCUT2D eigenvalue weighted by Gasteiger charge is -2.10. The molecule has 1 atom stereocenters. The molecule has 1 aromatic rings. The van der Waals surface area contributed by atoms with Crippen LogP contribution in [0.2, 0.25) is 0 Å². The second-order valence-electron chi connectivity index (χ2n) is 2.92. The molecule has 1 aliphatic heterocycles. The third kappa shape index (κ3) is 2.42. The summed E-state index contributed by atoms with van der Waals surface area (Å²) in [6.07, 6.45) is 2.84. The Morgan fingerprint density at radius 2 is 2.54 bits per heavy atom. The number of rotatable bonds is 2. The lowest BCUT2D eigenvalue weighted by Crippen LogP contribution is -2.16. The van der Waals surface area contributed by atoms with Gasteiger partial charge < -0.3 is 9.47 Å². The third-order valence-electron chi connectivity index (χ3n) is 1.87. The first kappa shape index (κ1) is 8.97.